The van der Waals surface area contributed by atoms with E-state index in [4.69, 9.17) is 0 Å². The minimum Gasteiger partial charge on any atom is -0.280 e. The van der Waals surface area contributed by atoms with Crippen LogP contribution in [0.2, 0.25) is 0 Å². The average Bonchev–Trinajstić information content (AvgIpc) is 1.83. The average molecular weight is 188 g/mol. The van der Waals surface area contributed by atoms with E-state index in [9.17, 15) is 0 Å². The minimum absolute atomic E-state index is 0.691. The fourth-order valence-electron chi connectivity index (χ4n) is 1.27. The van der Waals surface area contributed by atoms with Crippen molar-refractivity contribution in [3.8, 4) is 0 Å². The highest BCUT2D eigenvalue weighted by Gasteiger charge is 2.31. The Morgan fingerprint density at radius 1 is 0.692 bits per heavy atom. The first-order valence-corrected chi connectivity index (χ1v) is 5.25. The maximum absolute atomic E-state index is 2.31. The molecule has 0 saturated heterocycles. The zero-order valence-electron chi connectivity index (χ0n) is 10.8. The number of hydrogen-bond donors (Lipinski definition) is 0. The topological polar surface area (TPSA) is 0 Å². The van der Waals surface area contributed by atoms with Crippen LogP contribution in [0.4, 0.5) is 0 Å². The van der Waals surface area contributed by atoms with Crippen molar-refractivity contribution in [2.45, 2.75) is 39.8 Å². The van der Waals surface area contributed by atoms with E-state index in [-0.39, 0.29) is 0 Å². The molecule has 0 rings (SSSR count). The molecule has 0 unspecified atom stereocenters. The molecule has 0 spiro atoms. The third-order valence-electron chi connectivity index (χ3n) is 3.52. The Bertz CT molecular complexity index is 139. The summed E-state index contributed by atoms with van der Waals surface area (Å²) in [4.78, 5) is 0. The summed E-state index contributed by atoms with van der Waals surface area (Å²) in [7, 11) is 9.25. The highest BCUT2D eigenvalue weighted by molar-refractivity contribution is 4.40. The van der Waals surface area contributed by atoms with Crippen LogP contribution in [0.3, 0.4) is 0 Å². The van der Waals surface area contributed by atoms with E-state index in [2.05, 4.69) is 55.9 Å². The molecule has 0 atom stereocenters. The largest absolute Gasteiger partial charge is 0.280 e. The smallest absolute Gasteiger partial charge is 0.207 e. The molecule has 0 radical (unpaired) electrons. The zero-order chi connectivity index (χ0) is 10.9. The van der Waals surface area contributed by atoms with Gasteiger partial charge in [-0.1, -0.05) is 0 Å². The lowest BCUT2D eigenvalue weighted by atomic mass is 10.2. The van der Waals surface area contributed by atoms with E-state index in [1.54, 1.807) is 0 Å². The van der Waals surface area contributed by atoms with E-state index in [0.717, 1.165) is 8.97 Å². The van der Waals surface area contributed by atoms with Gasteiger partial charge in [0.15, 0.2) is 0 Å². The van der Waals surface area contributed by atoms with Gasteiger partial charge in [-0.25, -0.2) is 0 Å². The van der Waals surface area contributed by atoms with Gasteiger partial charge in [0.2, 0.25) is 6.67 Å². The van der Waals surface area contributed by atoms with Gasteiger partial charge in [0, 0.05) is 0 Å². The van der Waals surface area contributed by atoms with Crippen LogP contribution in [0, 0.1) is 0 Å². The van der Waals surface area contributed by atoms with Gasteiger partial charge in [0.25, 0.3) is 0 Å². The number of quaternary nitrogens is 2. The Morgan fingerprint density at radius 3 is 1.08 bits per heavy atom. The minimum atomic E-state index is 0.691. The van der Waals surface area contributed by atoms with Crippen LogP contribution in [0.1, 0.15) is 27.7 Å². The molecule has 0 bridgehead atoms. The third kappa shape index (κ3) is 3.65. The van der Waals surface area contributed by atoms with Crippen molar-refractivity contribution in [1.82, 2.24) is 0 Å². The molecule has 0 amide bonds. The van der Waals surface area contributed by atoms with Crippen molar-refractivity contribution < 1.29 is 8.97 Å². The number of rotatable bonds is 4. The summed E-state index contributed by atoms with van der Waals surface area (Å²) in [5, 5.41) is 0. The Kier molecular flexibility index (Phi) is 3.95. The first-order valence-electron chi connectivity index (χ1n) is 5.25. The summed E-state index contributed by atoms with van der Waals surface area (Å²) >= 11 is 0. The fraction of sp³-hybridized carbons (Fsp3) is 1.00. The van der Waals surface area contributed by atoms with Crippen LogP contribution in [-0.4, -0.2) is 55.9 Å². The summed E-state index contributed by atoms with van der Waals surface area (Å²) in [6, 6.07) is 1.38. The fourth-order valence-corrected chi connectivity index (χ4v) is 1.27. The monoisotopic (exact) mass is 188 g/mol. The van der Waals surface area contributed by atoms with Crippen molar-refractivity contribution in [3.05, 3.63) is 0 Å². The SMILES string of the molecule is CC(C)[N+](C)(C)C[N+](C)(C)C(C)C. The van der Waals surface area contributed by atoms with Gasteiger partial charge in [-0.3, -0.25) is 8.97 Å². The first-order chi connectivity index (χ1) is 5.59. The Hall–Kier alpha value is -0.0800. The molecular formula is C11H28N2+2. The molecule has 0 aromatic carbocycles. The van der Waals surface area contributed by atoms with E-state index in [1.165, 1.54) is 6.67 Å². The molecule has 2 nitrogen and oxygen atoms in total. The molecule has 0 N–H and O–H groups in total. The van der Waals surface area contributed by atoms with Gasteiger partial charge < -0.3 is 0 Å². The highest BCUT2D eigenvalue weighted by Crippen LogP contribution is 2.14. The van der Waals surface area contributed by atoms with E-state index >= 15 is 0 Å². The second kappa shape index (κ2) is 3.97. The Balaban J connectivity index is 4.42. The molecule has 0 heterocycles. The summed E-state index contributed by atoms with van der Waals surface area (Å²) in [6.07, 6.45) is 0. The molecule has 0 aliphatic heterocycles. The van der Waals surface area contributed by atoms with Gasteiger partial charge in [-0.15, -0.1) is 0 Å². The molecule has 80 valence electrons. The van der Waals surface area contributed by atoms with E-state index in [0.29, 0.717) is 12.1 Å². The molecule has 2 heteroatoms. The van der Waals surface area contributed by atoms with Crippen LogP contribution in [-0.2, 0) is 0 Å². The van der Waals surface area contributed by atoms with Gasteiger partial charge in [-0.05, 0) is 27.7 Å². The lowest BCUT2D eigenvalue weighted by Gasteiger charge is -2.43. The summed E-state index contributed by atoms with van der Waals surface area (Å²) in [5.74, 6) is 0. The lowest BCUT2D eigenvalue weighted by Crippen LogP contribution is -2.60. The summed E-state index contributed by atoms with van der Waals surface area (Å²) in [5.41, 5.74) is 0. The van der Waals surface area contributed by atoms with Crippen LogP contribution < -0.4 is 0 Å². The molecule has 0 saturated carbocycles. The Labute approximate surface area is 84.3 Å². The van der Waals surface area contributed by atoms with Crippen molar-refractivity contribution in [2.75, 3.05) is 34.9 Å². The second-order valence-electron chi connectivity index (χ2n) is 5.89. The van der Waals surface area contributed by atoms with Crippen LogP contribution in [0.15, 0.2) is 0 Å². The number of hydrogen-bond acceptors (Lipinski definition) is 0. The zero-order valence-corrected chi connectivity index (χ0v) is 10.8. The summed E-state index contributed by atoms with van der Waals surface area (Å²) < 4.78 is 2.18. The van der Waals surface area contributed by atoms with Crippen LogP contribution in [0.25, 0.3) is 0 Å². The van der Waals surface area contributed by atoms with Crippen LogP contribution in [0.5, 0.6) is 0 Å². The quantitative estimate of drug-likeness (QED) is 0.467. The van der Waals surface area contributed by atoms with Gasteiger partial charge in [0.1, 0.15) is 0 Å². The normalized spacial score (nSPS) is 14.3. The van der Waals surface area contributed by atoms with E-state index in [1.807, 2.05) is 0 Å². The van der Waals surface area contributed by atoms with Crippen molar-refractivity contribution in [1.29, 1.82) is 0 Å². The van der Waals surface area contributed by atoms with Crippen molar-refractivity contribution >= 4 is 0 Å². The molecule has 0 aliphatic rings. The molecule has 0 fully saturated rings. The predicted molar refractivity (Wildman–Crippen MR) is 59.4 cm³/mol. The molecule has 0 aliphatic carbocycles. The van der Waals surface area contributed by atoms with Crippen LogP contribution >= 0.6 is 0 Å². The van der Waals surface area contributed by atoms with Gasteiger partial charge in [-0.2, -0.15) is 0 Å². The first kappa shape index (κ1) is 12.9. The standard InChI is InChI=1S/C11H28N2/c1-10(2)12(5,6)9-13(7,8)11(3)4/h10-11H,9H2,1-8H3/q+2. The molecule has 0 aromatic heterocycles. The van der Waals surface area contributed by atoms with E-state index < -0.39 is 0 Å². The Morgan fingerprint density at radius 2 is 0.923 bits per heavy atom. The molecule has 13 heavy (non-hydrogen) atoms. The third-order valence-corrected chi connectivity index (χ3v) is 3.52. The van der Waals surface area contributed by atoms with Gasteiger partial charge in [0.05, 0.1) is 40.3 Å². The summed E-state index contributed by atoms with van der Waals surface area (Å²) in [6.45, 7) is 10.4. The van der Waals surface area contributed by atoms with Crippen molar-refractivity contribution in [2.24, 2.45) is 0 Å². The molecule has 0 aromatic rings. The maximum atomic E-state index is 2.31. The molecular weight excluding hydrogens is 160 g/mol. The number of nitrogens with zero attached hydrogens (tertiary/aromatic N) is 2. The second-order valence-corrected chi connectivity index (χ2v) is 5.89. The maximum Gasteiger partial charge on any atom is 0.207 e. The van der Waals surface area contributed by atoms with Crippen molar-refractivity contribution in [3.63, 3.8) is 0 Å². The predicted octanol–water partition coefficient (Wildman–Crippen LogP) is 1.91. The van der Waals surface area contributed by atoms with Gasteiger partial charge >= 0.3 is 0 Å². The highest BCUT2D eigenvalue weighted by atomic mass is 15.5. The lowest BCUT2D eigenvalue weighted by molar-refractivity contribution is -1.09.